The quantitative estimate of drug-likeness (QED) is 0.310. The number of anilines is 1. The lowest BCUT2D eigenvalue weighted by Gasteiger charge is -2.14. The van der Waals surface area contributed by atoms with E-state index in [4.69, 9.17) is 14.5 Å². The highest BCUT2D eigenvalue weighted by molar-refractivity contribution is 6.07. The first-order valence-electron chi connectivity index (χ1n) is 11.4. The monoisotopic (exact) mass is 486 g/mol. The van der Waals surface area contributed by atoms with Gasteiger partial charge in [-0.1, -0.05) is 17.7 Å². The molecule has 4 rings (SSSR count). The summed E-state index contributed by atoms with van der Waals surface area (Å²) in [6.07, 6.45) is 1.34. The van der Waals surface area contributed by atoms with E-state index in [9.17, 15) is 14.4 Å². The summed E-state index contributed by atoms with van der Waals surface area (Å²) >= 11 is 0. The van der Waals surface area contributed by atoms with Crippen molar-refractivity contribution >= 4 is 34.6 Å². The summed E-state index contributed by atoms with van der Waals surface area (Å²) in [4.78, 5) is 41.9. The number of rotatable bonds is 6. The molecule has 9 heteroatoms. The van der Waals surface area contributed by atoms with E-state index in [1.807, 2.05) is 32.9 Å². The Balaban J connectivity index is 1.80. The van der Waals surface area contributed by atoms with Crippen LogP contribution in [0.3, 0.4) is 0 Å². The lowest BCUT2D eigenvalue weighted by molar-refractivity contribution is -0.131. The maximum Gasteiger partial charge on any atom is 0.343 e. The Kier molecular flexibility index (Phi) is 6.82. The van der Waals surface area contributed by atoms with Crippen LogP contribution in [0.15, 0.2) is 48.7 Å². The van der Waals surface area contributed by atoms with Crippen molar-refractivity contribution in [1.29, 1.82) is 0 Å². The number of amides is 1. The standard InChI is InChI=1S/C27H26N4O5/c1-6-35-27(34)22-14-28-31(23-12-16(3)21-11-15(2)10-17(4)24(21)29-23)25(22)30-26(33)19-8-7-9-20(13-19)36-18(5)32/h7-14H,6H2,1-5H3,(H,30,33). The zero-order chi connectivity index (χ0) is 26.0. The molecule has 4 aromatic rings. The molecule has 1 N–H and O–H groups in total. The van der Waals surface area contributed by atoms with Gasteiger partial charge in [-0.3, -0.25) is 9.59 Å². The predicted octanol–water partition coefficient (Wildman–Crippen LogP) is 4.70. The number of pyridine rings is 1. The Morgan fingerprint density at radius 2 is 1.81 bits per heavy atom. The number of fused-ring (bicyclic) bond motifs is 1. The average Bonchev–Trinajstić information content (AvgIpc) is 3.23. The molecule has 0 aliphatic heterocycles. The van der Waals surface area contributed by atoms with Crippen LogP contribution >= 0.6 is 0 Å². The molecule has 2 aromatic carbocycles. The molecule has 0 saturated heterocycles. The van der Waals surface area contributed by atoms with Crippen molar-refractivity contribution in [2.24, 2.45) is 0 Å². The largest absolute Gasteiger partial charge is 0.462 e. The number of carbonyl (C=O) groups excluding carboxylic acids is 3. The minimum atomic E-state index is -0.628. The van der Waals surface area contributed by atoms with Crippen LogP contribution in [0.25, 0.3) is 16.7 Å². The van der Waals surface area contributed by atoms with Crippen LogP contribution in [0.2, 0.25) is 0 Å². The lowest BCUT2D eigenvalue weighted by atomic mass is 10.0. The highest BCUT2D eigenvalue weighted by Crippen LogP contribution is 2.27. The molecule has 0 radical (unpaired) electrons. The van der Waals surface area contributed by atoms with Gasteiger partial charge in [0, 0.05) is 17.9 Å². The predicted molar refractivity (Wildman–Crippen MR) is 135 cm³/mol. The number of nitrogens with one attached hydrogen (secondary N) is 1. The van der Waals surface area contributed by atoms with Crippen LogP contribution in [-0.2, 0) is 9.53 Å². The lowest BCUT2D eigenvalue weighted by Crippen LogP contribution is -2.18. The van der Waals surface area contributed by atoms with Crippen LogP contribution in [-0.4, -0.2) is 39.2 Å². The van der Waals surface area contributed by atoms with Gasteiger partial charge < -0.3 is 14.8 Å². The molecule has 184 valence electrons. The summed E-state index contributed by atoms with van der Waals surface area (Å²) in [6.45, 7) is 9.12. The van der Waals surface area contributed by atoms with Crippen molar-refractivity contribution in [3.05, 3.63) is 76.5 Å². The number of carbonyl (C=O) groups is 3. The van der Waals surface area contributed by atoms with Gasteiger partial charge in [0.05, 0.1) is 18.3 Å². The highest BCUT2D eigenvalue weighted by Gasteiger charge is 2.23. The first-order valence-corrected chi connectivity index (χ1v) is 11.4. The molecule has 1 amide bonds. The normalized spacial score (nSPS) is 10.8. The number of nitrogens with zero attached hydrogens (tertiary/aromatic N) is 3. The minimum Gasteiger partial charge on any atom is -0.462 e. The Labute approximate surface area is 208 Å². The van der Waals surface area contributed by atoms with Gasteiger partial charge in [0.2, 0.25) is 0 Å². The molecule has 0 aliphatic rings. The Bertz CT molecular complexity index is 1510. The SMILES string of the molecule is CCOC(=O)c1cnn(-c2cc(C)c3cc(C)cc(C)c3n2)c1NC(=O)c1cccc(OC(C)=O)c1. The van der Waals surface area contributed by atoms with E-state index >= 15 is 0 Å². The number of hydrogen-bond acceptors (Lipinski definition) is 7. The molecule has 2 heterocycles. The van der Waals surface area contributed by atoms with E-state index in [-0.39, 0.29) is 29.3 Å². The van der Waals surface area contributed by atoms with Crippen molar-refractivity contribution in [2.45, 2.75) is 34.6 Å². The van der Waals surface area contributed by atoms with Gasteiger partial charge in [-0.25, -0.2) is 9.78 Å². The molecule has 0 unspecified atom stereocenters. The van der Waals surface area contributed by atoms with Gasteiger partial charge >= 0.3 is 11.9 Å². The van der Waals surface area contributed by atoms with Crippen LogP contribution in [0.5, 0.6) is 5.75 Å². The van der Waals surface area contributed by atoms with E-state index in [0.717, 1.165) is 27.6 Å². The van der Waals surface area contributed by atoms with Crippen molar-refractivity contribution in [2.75, 3.05) is 11.9 Å². The van der Waals surface area contributed by atoms with E-state index in [2.05, 4.69) is 16.5 Å². The zero-order valence-corrected chi connectivity index (χ0v) is 20.7. The number of esters is 2. The van der Waals surface area contributed by atoms with E-state index in [1.165, 1.54) is 23.9 Å². The zero-order valence-electron chi connectivity index (χ0n) is 20.7. The first kappa shape index (κ1) is 24.6. The fraction of sp³-hybridized carbons (Fsp3) is 0.222. The topological polar surface area (TPSA) is 112 Å². The Hall–Kier alpha value is -4.53. The third-order valence-electron chi connectivity index (χ3n) is 5.51. The molecular formula is C27H26N4O5. The smallest absolute Gasteiger partial charge is 0.343 e. The van der Waals surface area contributed by atoms with Gasteiger partial charge in [-0.05, 0) is 69.2 Å². The summed E-state index contributed by atoms with van der Waals surface area (Å²) in [6, 6.07) is 12.1. The molecule has 0 spiro atoms. The van der Waals surface area contributed by atoms with Crippen LogP contribution in [0.4, 0.5) is 5.82 Å². The summed E-state index contributed by atoms with van der Waals surface area (Å²) in [5.74, 6) is -0.873. The van der Waals surface area contributed by atoms with Crippen LogP contribution < -0.4 is 10.1 Å². The molecule has 0 aliphatic carbocycles. The second-order valence-electron chi connectivity index (χ2n) is 8.39. The Morgan fingerprint density at radius 1 is 1.03 bits per heavy atom. The summed E-state index contributed by atoms with van der Waals surface area (Å²) in [5, 5.41) is 8.14. The van der Waals surface area contributed by atoms with Gasteiger partial charge in [0.1, 0.15) is 11.3 Å². The molecule has 9 nitrogen and oxygen atoms in total. The molecule has 0 saturated carbocycles. The van der Waals surface area contributed by atoms with Gasteiger partial charge in [-0.2, -0.15) is 9.78 Å². The molecule has 2 aromatic heterocycles. The number of ether oxygens (including phenoxy) is 2. The highest BCUT2D eigenvalue weighted by atomic mass is 16.5. The van der Waals surface area contributed by atoms with Gasteiger partial charge in [0.25, 0.3) is 5.91 Å². The number of benzene rings is 2. The van der Waals surface area contributed by atoms with Gasteiger partial charge in [0.15, 0.2) is 11.6 Å². The summed E-state index contributed by atoms with van der Waals surface area (Å²) in [5.41, 5.74) is 4.22. The van der Waals surface area contributed by atoms with Crippen LogP contribution in [0.1, 0.15) is 51.3 Å². The van der Waals surface area contributed by atoms with Gasteiger partial charge in [-0.15, -0.1) is 0 Å². The molecule has 0 bridgehead atoms. The van der Waals surface area contributed by atoms with E-state index in [1.54, 1.807) is 25.1 Å². The van der Waals surface area contributed by atoms with Crippen molar-refractivity contribution in [1.82, 2.24) is 14.8 Å². The minimum absolute atomic E-state index is 0.0847. The second kappa shape index (κ2) is 9.99. The average molecular weight is 487 g/mol. The van der Waals surface area contributed by atoms with Crippen molar-refractivity contribution in [3.63, 3.8) is 0 Å². The fourth-order valence-electron chi connectivity index (χ4n) is 3.98. The molecule has 0 atom stereocenters. The first-order chi connectivity index (χ1) is 17.2. The summed E-state index contributed by atoms with van der Waals surface area (Å²) < 4.78 is 11.7. The van der Waals surface area contributed by atoms with E-state index in [0.29, 0.717) is 5.82 Å². The van der Waals surface area contributed by atoms with Crippen molar-refractivity contribution in [3.8, 4) is 11.6 Å². The van der Waals surface area contributed by atoms with Crippen LogP contribution in [0, 0.1) is 20.8 Å². The number of aromatic nitrogens is 3. The molecular weight excluding hydrogens is 460 g/mol. The number of hydrogen-bond donors (Lipinski definition) is 1. The maximum absolute atomic E-state index is 13.2. The molecule has 0 fully saturated rings. The number of aryl methyl sites for hydroxylation is 3. The fourth-order valence-corrected chi connectivity index (χ4v) is 3.98. The third-order valence-corrected chi connectivity index (χ3v) is 5.51. The summed E-state index contributed by atoms with van der Waals surface area (Å²) in [7, 11) is 0. The maximum atomic E-state index is 13.2. The Morgan fingerprint density at radius 3 is 2.53 bits per heavy atom. The third kappa shape index (κ3) is 4.95. The van der Waals surface area contributed by atoms with Crippen molar-refractivity contribution < 1.29 is 23.9 Å². The molecule has 36 heavy (non-hydrogen) atoms. The second-order valence-corrected chi connectivity index (χ2v) is 8.39. The van der Waals surface area contributed by atoms with E-state index < -0.39 is 17.8 Å².